The number of rotatable bonds is 4. The lowest BCUT2D eigenvalue weighted by atomic mass is 9.83. The highest BCUT2D eigenvalue weighted by molar-refractivity contribution is 7.89. The third-order valence-corrected chi connectivity index (χ3v) is 4.29. The second-order valence-corrected chi connectivity index (χ2v) is 5.96. The Balaban J connectivity index is 2.20. The third kappa shape index (κ3) is 2.32. The van der Waals surface area contributed by atoms with E-state index in [1.165, 1.54) is 0 Å². The SMILES string of the molecule is CC1CC(NS(=O)(=O)c2[nH]ncc2C(=O)O)C1. The normalized spacial score (nSPS) is 24.3. The Kier molecular flexibility index (Phi) is 2.92. The molecule has 7 nitrogen and oxygen atoms in total. The van der Waals surface area contributed by atoms with Crippen molar-refractivity contribution < 1.29 is 18.3 Å². The lowest BCUT2D eigenvalue weighted by Gasteiger charge is -2.32. The molecule has 2 rings (SSSR count). The number of nitrogens with zero attached hydrogens (tertiary/aromatic N) is 1. The molecule has 1 heterocycles. The Morgan fingerprint density at radius 2 is 2.24 bits per heavy atom. The quantitative estimate of drug-likeness (QED) is 0.714. The largest absolute Gasteiger partial charge is 0.478 e. The van der Waals surface area contributed by atoms with Gasteiger partial charge in [0.25, 0.3) is 10.0 Å². The molecule has 1 aliphatic rings. The zero-order valence-corrected chi connectivity index (χ0v) is 9.99. The van der Waals surface area contributed by atoms with Gasteiger partial charge in [-0.15, -0.1) is 0 Å². The van der Waals surface area contributed by atoms with E-state index in [1.807, 2.05) is 6.92 Å². The van der Waals surface area contributed by atoms with Gasteiger partial charge in [0.1, 0.15) is 5.56 Å². The molecule has 0 aliphatic heterocycles. The Labute approximate surface area is 98.3 Å². The zero-order chi connectivity index (χ0) is 12.6. The molecule has 0 amide bonds. The fraction of sp³-hybridized carbons (Fsp3) is 0.556. The van der Waals surface area contributed by atoms with Crippen molar-refractivity contribution >= 4 is 16.0 Å². The van der Waals surface area contributed by atoms with Crippen LogP contribution >= 0.6 is 0 Å². The number of carboxylic acids is 1. The summed E-state index contributed by atoms with van der Waals surface area (Å²) >= 11 is 0. The number of nitrogens with one attached hydrogen (secondary N) is 2. The number of aromatic nitrogens is 2. The van der Waals surface area contributed by atoms with Crippen LogP contribution in [-0.2, 0) is 10.0 Å². The van der Waals surface area contributed by atoms with Crippen LogP contribution in [0.3, 0.4) is 0 Å². The molecule has 0 saturated heterocycles. The highest BCUT2D eigenvalue weighted by atomic mass is 32.2. The van der Waals surface area contributed by atoms with Crippen LogP contribution in [0.4, 0.5) is 0 Å². The summed E-state index contributed by atoms with van der Waals surface area (Å²) in [5.41, 5.74) is -0.343. The molecule has 1 saturated carbocycles. The smallest absolute Gasteiger partial charge is 0.340 e. The standard InChI is InChI=1S/C9H13N3O4S/c1-5-2-6(3-5)12-17(15,16)8-7(9(13)14)4-10-11-8/h4-6,12H,2-3H2,1H3,(H,10,11)(H,13,14). The summed E-state index contributed by atoms with van der Waals surface area (Å²) in [6.45, 7) is 2.03. The molecular formula is C9H13N3O4S. The summed E-state index contributed by atoms with van der Waals surface area (Å²) < 4.78 is 26.2. The summed E-state index contributed by atoms with van der Waals surface area (Å²) in [5, 5.41) is 14.1. The van der Waals surface area contributed by atoms with Gasteiger partial charge in [-0.1, -0.05) is 6.92 Å². The monoisotopic (exact) mass is 259 g/mol. The van der Waals surface area contributed by atoms with E-state index in [9.17, 15) is 13.2 Å². The topological polar surface area (TPSA) is 112 Å². The van der Waals surface area contributed by atoms with E-state index in [0.717, 1.165) is 19.0 Å². The van der Waals surface area contributed by atoms with Crippen LogP contribution < -0.4 is 4.72 Å². The Morgan fingerprint density at radius 1 is 1.59 bits per heavy atom. The van der Waals surface area contributed by atoms with Crippen LogP contribution in [0.2, 0.25) is 0 Å². The molecule has 1 fully saturated rings. The molecular weight excluding hydrogens is 246 g/mol. The molecule has 0 atom stereocenters. The van der Waals surface area contributed by atoms with Gasteiger partial charge in [-0.3, -0.25) is 5.10 Å². The van der Waals surface area contributed by atoms with Gasteiger partial charge in [-0.2, -0.15) is 5.10 Å². The first-order valence-corrected chi connectivity index (χ1v) is 6.67. The van der Waals surface area contributed by atoms with Gasteiger partial charge >= 0.3 is 5.97 Å². The van der Waals surface area contributed by atoms with Crippen LogP contribution in [0, 0.1) is 5.92 Å². The summed E-state index contributed by atoms with van der Waals surface area (Å²) in [6.07, 6.45) is 2.53. The Bertz CT molecular complexity index is 530. The maximum absolute atomic E-state index is 11.9. The van der Waals surface area contributed by atoms with Gasteiger partial charge in [0.2, 0.25) is 0 Å². The molecule has 17 heavy (non-hydrogen) atoms. The molecule has 8 heteroatoms. The fourth-order valence-corrected chi connectivity index (χ4v) is 3.26. The van der Waals surface area contributed by atoms with Crippen LogP contribution in [0.1, 0.15) is 30.1 Å². The predicted octanol–water partition coefficient (Wildman–Crippen LogP) is 0.185. The first kappa shape index (κ1) is 12.1. The molecule has 0 unspecified atom stereocenters. The fourth-order valence-electron chi connectivity index (χ4n) is 1.91. The average Bonchev–Trinajstić information content (AvgIpc) is 2.63. The van der Waals surface area contributed by atoms with Crippen molar-refractivity contribution in [3.63, 3.8) is 0 Å². The van der Waals surface area contributed by atoms with E-state index in [2.05, 4.69) is 14.9 Å². The van der Waals surface area contributed by atoms with Crippen LogP contribution in [-0.4, -0.2) is 35.7 Å². The molecule has 0 bridgehead atoms. The Hall–Kier alpha value is -1.41. The number of carboxylic acid groups (broad SMARTS) is 1. The molecule has 1 aromatic rings. The van der Waals surface area contributed by atoms with Crippen LogP contribution in [0.15, 0.2) is 11.2 Å². The van der Waals surface area contributed by atoms with Crippen molar-refractivity contribution in [3.8, 4) is 0 Å². The van der Waals surface area contributed by atoms with Crippen molar-refractivity contribution in [1.82, 2.24) is 14.9 Å². The molecule has 0 aromatic carbocycles. The number of aromatic amines is 1. The Morgan fingerprint density at radius 3 is 2.76 bits per heavy atom. The van der Waals surface area contributed by atoms with E-state index in [0.29, 0.717) is 5.92 Å². The second kappa shape index (κ2) is 4.11. The zero-order valence-electron chi connectivity index (χ0n) is 9.17. The summed E-state index contributed by atoms with van der Waals surface area (Å²) in [6, 6.07) is -0.111. The minimum atomic E-state index is -3.83. The first-order chi connectivity index (χ1) is 7.90. The van der Waals surface area contributed by atoms with Gasteiger partial charge in [-0.05, 0) is 18.8 Å². The van der Waals surface area contributed by atoms with Gasteiger partial charge in [0.15, 0.2) is 5.03 Å². The summed E-state index contributed by atoms with van der Waals surface area (Å²) in [4.78, 5) is 10.8. The van der Waals surface area contributed by atoms with E-state index in [-0.39, 0.29) is 16.6 Å². The lowest BCUT2D eigenvalue weighted by molar-refractivity contribution is 0.0692. The number of H-pyrrole nitrogens is 1. The van der Waals surface area contributed by atoms with Gasteiger partial charge in [0.05, 0.1) is 6.20 Å². The molecule has 1 aromatic heterocycles. The molecule has 0 spiro atoms. The lowest BCUT2D eigenvalue weighted by Crippen LogP contribution is -2.43. The highest BCUT2D eigenvalue weighted by Gasteiger charge is 2.32. The second-order valence-electron chi connectivity index (χ2n) is 4.31. The predicted molar refractivity (Wildman–Crippen MR) is 58.1 cm³/mol. The maximum Gasteiger partial charge on any atom is 0.340 e. The summed E-state index contributed by atoms with van der Waals surface area (Å²) in [5.74, 6) is -0.815. The number of hydrogen-bond acceptors (Lipinski definition) is 4. The van der Waals surface area contributed by atoms with Crippen molar-refractivity contribution in [2.45, 2.75) is 30.8 Å². The number of sulfonamides is 1. The van der Waals surface area contributed by atoms with Crippen molar-refractivity contribution in [2.75, 3.05) is 0 Å². The first-order valence-electron chi connectivity index (χ1n) is 5.19. The van der Waals surface area contributed by atoms with Crippen molar-refractivity contribution in [2.24, 2.45) is 5.92 Å². The van der Waals surface area contributed by atoms with E-state index < -0.39 is 16.0 Å². The van der Waals surface area contributed by atoms with Crippen LogP contribution in [0.25, 0.3) is 0 Å². The number of aromatic carboxylic acids is 1. The molecule has 3 N–H and O–H groups in total. The van der Waals surface area contributed by atoms with E-state index >= 15 is 0 Å². The number of hydrogen-bond donors (Lipinski definition) is 3. The third-order valence-electron chi connectivity index (χ3n) is 2.80. The minimum absolute atomic E-state index is 0.111. The van der Waals surface area contributed by atoms with Gasteiger partial charge in [-0.25, -0.2) is 17.9 Å². The highest BCUT2D eigenvalue weighted by Crippen LogP contribution is 2.27. The average molecular weight is 259 g/mol. The summed E-state index contributed by atoms with van der Waals surface area (Å²) in [7, 11) is -3.83. The minimum Gasteiger partial charge on any atom is -0.478 e. The van der Waals surface area contributed by atoms with Crippen LogP contribution in [0.5, 0.6) is 0 Å². The van der Waals surface area contributed by atoms with Gasteiger partial charge < -0.3 is 5.11 Å². The number of carbonyl (C=O) groups is 1. The maximum atomic E-state index is 11.9. The van der Waals surface area contributed by atoms with Crippen molar-refractivity contribution in [1.29, 1.82) is 0 Å². The molecule has 0 radical (unpaired) electrons. The van der Waals surface area contributed by atoms with Crippen molar-refractivity contribution in [3.05, 3.63) is 11.8 Å². The molecule has 1 aliphatic carbocycles. The van der Waals surface area contributed by atoms with E-state index in [1.54, 1.807) is 0 Å². The molecule has 94 valence electrons. The van der Waals surface area contributed by atoms with Gasteiger partial charge in [0, 0.05) is 6.04 Å². The van der Waals surface area contributed by atoms with E-state index in [4.69, 9.17) is 5.11 Å².